The van der Waals surface area contributed by atoms with E-state index in [9.17, 15) is 0 Å². The van der Waals surface area contributed by atoms with Crippen LogP contribution in [0.4, 0.5) is 4.70 Å². The van der Waals surface area contributed by atoms with Crippen molar-refractivity contribution in [2.24, 2.45) is 0 Å². The molecular weight excluding hydrogens is 1010 g/mol. The Balaban J connectivity index is 0.000000168. The SMILES string of the molecule is CC1(C)OB(c2ccc(-c3nc4ccccc4n3-c3ccccc3)cc2)OC1(C)C.Clc1cc(-c2ccc3c(c2)c2ccccc2n3-c2ccccc2)nc2ccc(-c3ccc4c(c3)c3ccccc3n4-c3ccccc3)cc12.F. The van der Waals surface area contributed by atoms with Gasteiger partial charge >= 0.3 is 7.12 Å². The zero-order chi connectivity index (χ0) is 53.4. The van der Waals surface area contributed by atoms with E-state index in [0.29, 0.717) is 5.02 Å². The van der Waals surface area contributed by atoms with Crippen LogP contribution in [0, 0.1) is 0 Å². The molecule has 1 fully saturated rings. The van der Waals surface area contributed by atoms with Crippen LogP contribution in [0.2, 0.25) is 5.02 Å². The second kappa shape index (κ2) is 20.0. The fraction of sp³-hybridized carbons (Fsp3) is 0.0857. The molecule has 0 amide bonds. The summed E-state index contributed by atoms with van der Waals surface area (Å²) in [6.45, 7) is 8.29. The summed E-state index contributed by atoms with van der Waals surface area (Å²) < 4.78 is 19.3. The molecular formula is C70H54BClFN5O2. The predicted molar refractivity (Wildman–Crippen MR) is 331 cm³/mol. The van der Waals surface area contributed by atoms with Crippen LogP contribution in [-0.2, 0) is 9.31 Å². The van der Waals surface area contributed by atoms with Crippen LogP contribution in [0.1, 0.15) is 27.7 Å². The van der Waals surface area contributed by atoms with Crippen molar-refractivity contribution in [3.8, 4) is 50.8 Å². The molecule has 1 saturated heterocycles. The third kappa shape index (κ3) is 8.62. The number of fused-ring (bicyclic) bond motifs is 8. The molecule has 0 spiro atoms. The molecule has 14 aromatic rings. The van der Waals surface area contributed by atoms with Crippen molar-refractivity contribution in [1.29, 1.82) is 0 Å². The first-order chi connectivity index (χ1) is 38.6. The van der Waals surface area contributed by atoms with Gasteiger partial charge in [-0.2, -0.15) is 0 Å². The molecule has 0 N–H and O–H groups in total. The molecule has 80 heavy (non-hydrogen) atoms. The average Bonchev–Trinajstić information content (AvgIpc) is 4.36. The van der Waals surface area contributed by atoms with Crippen LogP contribution >= 0.6 is 11.6 Å². The third-order valence-electron chi connectivity index (χ3n) is 16.0. The van der Waals surface area contributed by atoms with E-state index in [1.54, 1.807) is 0 Å². The molecule has 10 aromatic carbocycles. The Kier molecular flexibility index (Phi) is 12.6. The number of hydrogen-bond donors (Lipinski definition) is 0. The lowest BCUT2D eigenvalue weighted by Crippen LogP contribution is -2.41. The predicted octanol–water partition coefficient (Wildman–Crippen LogP) is 17.6. The molecule has 0 radical (unpaired) electrons. The highest BCUT2D eigenvalue weighted by molar-refractivity contribution is 6.62. The van der Waals surface area contributed by atoms with Gasteiger partial charge in [0.1, 0.15) is 5.82 Å². The lowest BCUT2D eigenvalue weighted by molar-refractivity contribution is 0.00578. The number of para-hydroxylation sites is 7. The largest absolute Gasteiger partial charge is 0.494 e. The molecule has 10 heteroatoms. The van der Waals surface area contributed by atoms with Gasteiger partial charge < -0.3 is 18.4 Å². The van der Waals surface area contributed by atoms with E-state index < -0.39 is 0 Å². The first-order valence-electron chi connectivity index (χ1n) is 26.8. The Bertz CT molecular complexity index is 4620. The lowest BCUT2D eigenvalue weighted by Gasteiger charge is -2.32. The van der Waals surface area contributed by atoms with Crippen LogP contribution in [0.25, 0.3) is 116 Å². The van der Waals surface area contributed by atoms with Gasteiger partial charge in [-0.05, 0) is 147 Å². The van der Waals surface area contributed by atoms with Crippen LogP contribution in [0.5, 0.6) is 0 Å². The maximum Gasteiger partial charge on any atom is 0.494 e. The summed E-state index contributed by atoms with van der Waals surface area (Å²) in [6, 6.07) is 87.0. The maximum absolute atomic E-state index is 7.07. The van der Waals surface area contributed by atoms with Gasteiger partial charge in [0.25, 0.3) is 0 Å². The number of benzene rings is 10. The summed E-state index contributed by atoms with van der Waals surface area (Å²) in [5, 5.41) is 6.49. The van der Waals surface area contributed by atoms with Crippen molar-refractivity contribution < 1.29 is 14.0 Å². The summed E-state index contributed by atoms with van der Waals surface area (Å²) in [4.78, 5) is 10.1. The van der Waals surface area contributed by atoms with E-state index in [1.165, 1.54) is 38.1 Å². The van der Waals surface area contributed by atoms with E-state index in [0.717, 1.165) is 83.8 Å². The number of halogens is 2. The van der Waals surface area contributed by atoms with Crippen molar-refractivity contribution in [3.63, 3.8) is 0 Å². The molecule has 0 bridgehead atoms. The standard InChI is InChI=1S/C45H28ClN3.C25H25BN2O2.FH/c46-39-28-41(31-21-24-45-37(27-31)35-16-8-10-18-43(35)49(45)33-13-5-2-6-14-33)47-40-22-19-29(26-38(39)40)30-20-23-44-36(25-30)34-15-7-9-17-42(34)48(44)32-11-3-1-4-12-32;1-24(2)25(3,4)30-26(29-24)19-16-14-18(15-17-19)23-27-21-12-8-9-13-22(21)28(23)20-10-6-5-7-11-20;/h1-28H;5-17H,1-4H3;1H. The average molecular weight is 1060 g/mol. The number of pyridine rings is 1. The number of hydrogen-bond acceptors (Lipinski definition) is 4. The topological polar surface area (TPSA) is 59.0 Å². The smallest absolute Gasteiger partial charge is 0.399 e. The molecule has 0 aliphatic carbocycles. The molecule has 5 heterocycles. The van der Waals surface area contributed by atoms with E-state index in [4.69, 9.17) is 30.9 Å². The van der Waals surface area contributed by atoms with Crippen LogP contribution in [-0.4, -0.2) is 42.0 Å². The van der Waals surface area contributed by atoms with Gasteiger partial charge in [0.2, 0.25) is 0 Å². The lowest BCUT2D eigenvalue weighted by atomic mass is 9.79. The monoisotopic (exact) mass is 1060 g/mol. The highest BCUT2D eigenvalue weighted by Gasteiger charge is 2.51. The van der Waals surface area contributed by atoms with Gasteiger partial charge in [0.05, 0.1) is 60.5 Å². The van der Waals surface area contributed by atoms with E-state index >= 15 is 0 Å². The molecule has 388 valence electrons. The van der Waals surface area contributed by atoms with Crippen LogP contribution in [0.15, 0.2) is 249 Å². The summed E-state index contributed by atoms with van der Waals surface area (Å²) in [6.07, 6.45) is 0. The first kappa shape index (κ1) is 50.4. The van der Waals surface area contributed by atoms with Gasteiger partial charge in [0.15, 0.2) is 0 Å². The van der Waals surface area contributed by atoms with Crippen molar-refractivity contribution in [2.75, 3.05) is 0 Å². The Morgan fingerprint density at radius 3 is 1.35 bits per heavy atom. The molecule has 4 aromatic heterocycles. The van der Waals surface area contributed by atoms with Crippen LogP contribution in [0.3, 0.4) is 0 Å². The fourth-order valence-electron chi connectivity index (χ4n) is 11.3. The minimum atomic E-state index is -0.364. The number of rotatable bonds is 7. The molecule has 0 atom stereocenters. The fourth-order valence-corrected chi connectivity index (χ4v) is 11.6. The number of imidazole rings is 1. The van der Waals surface area contributed by atoms with Crippen molar-refractivity contribution in [3.05, 3.63) is 254 Å². The van der Waals surface area contributed by atoms with Crippen molar-refractivity contribution in [1.82, 2.24) is 23.7 Å². The van der Waals surface area contributed by atoms with Crippen molar-refractivity contribution >= 4 is 89.7 Å². The van der Waals surface area contributed by atoms with E-state index in [2.05, 4.69) is 272 Å². The molecule has 7 nitrogen and oxygen atoms in total. The van der Waals surface area contributed by atoms with Gasteiger partial charge in [-0.15, -0.1) is 0 Å². The maximum atomic E-state index is 7.07. The summed E-state index contributed by atoms with van der Waals surface area (Å²) >= 11 is 7.07. The summed E-state index contributed by atoms with van der Waals surface area (Å²) in [5.41, 5.74) is 16.6. The molecule has 1 aliphatic heterocycles. The quantitative estimate of drug-likeness (QED) is 0.149. The summed E-state index contributed by atoms with van der Waals surface area (Å²) in [5.74, 6) is 0.919. The van der Waals surface area contributed by atoms with Crippen molar-refractivity contribution in [2.45, 2.75) is 38.9 Å². The zero-order valence-corrected chi connectivity index (χ0v) is 45.3. The molecule has 0 saturated carbocycles. The second-order valence-corrected chi connectivity index (χ2v) is 21.8. The second-order valence-electron chi connectivity index (χ2n) is 21.4. The molecule has 1 aliphatic rings. The van der Waals surface area contributed by atoms with E-state index in [-0.39, 0.29) is 23.0 Å². The summed E-state index contributed by atoms with van der Waals surface area (Å²) in [7, 11) is -0.364. The van der Waals surface area contributed by atoms with Gasteiger partial charge in [-0.3, -0.25) is 9.27 Å². The third-order valence-corrected chi connectivity index (χ3v) is 16.3. The highest BCUT2D eigenvalue weighted by atomic mass is 35.5. The van der Waals surface area contributed by atoms with Gasteiger partial charge in [-0.1, -0.05) is 157 Å². The highest BCUT2D eigenvalue weighted by Crippen LogP contribution is 2.40. The number of aromatic nitrogens is 5. The zero-order valence-electron chi connectivity index (χ0n) is 44.6. The normalized spacial score (nSPS) is 13.8. The number of nitrogens with zero attached hydrogens (tertiary/aromatic N) is 5. The Labute approximate surface area is 468 Å². The molecule has 0 unspecified atom stereocenters. The van der Waals surface area contributed by atoms with Gasteiger partial charge in [-0.25, -0.2) is 9.97 Å². The Morgan fingerprint density at radius 1 is 0.362 bits per heavy atom. The first-order valence-corrected chi connectivity index (χ1v) is 27.2. The minimum Gasteiger partial charge on any atom is -0.399 e. The molecule has 15 rings (SSSR count). The minimum absolute atomic E-state index is 0. The Hall–Kier alpha value is -9.12. The Morgan fingerprint density at radius 2 is 0.787 bits per heavy atom. The van der Waals surface area contributed by atoms with Crippen LogP contribution < -0.4 is 5.46 Å². The van der Waals surface area contributed by atoms with Gasteiger partial charge in [0, 0.05) is 55.1 Å². The van der Waals surface area contributed by atoms with E-state index in [1.807, 2.05) is 18.2 Å².